The normalized spacial score (nSPS) is 27.3. The molecule has 0 saturated carbocycles. The molecule has 3 aliphatic rings. The van der Waals surface area contributed by atoms with Gasteiger partial charge in [0.2, 0.25) is 0 Å². The molecule has 3 heteroatoms. The SMILES string of the molecule is CC(C)C1CCC(C(C)C)NC1.CC(C)C1CCN(C(C)C)C1.CC(C)C1CN(C(C)C)C1. The number of piperidine rings is 1. The fraction of sp³-hybridized carbons (Fsp3) is 1.00. The molecule has 0 radical (unpaired) electrons. The van der Waals surface area contributed by atoms with Crippen LogP contribution in [0.5, 0.6) is 0 Å². The highest BCUT2D eigenvalue weighted by molar-refractivity contribution is 4.83. The van der Waals surface area contributed by atoms with Gasteiger partial charge in [-0.3, -0.25) is 0 Å². The van der Waals surface area contributed by atoms with Crippen LogP contribution in [0.2, 0.25) is 0 Å². The zero-order valence-electron chi connectivity index (χ0n) is 24.8. The number of likely N-dealkylation sites (tertiary alicyclic amines) is 2. The summed E-state index contributed by atoms with van der Waals surface area (Å²) in [6.07, 6.45) is 4.21. The minimum Gasteiger partial charge on any atom is -0.313 e. The van der Waals surface area contributed by atoms with E-state index in [-0.39, 0.29) is 0 Å². The molecule has 3 heterocycles. The Morgan fingerprint density at radius 3 is 1.30 bits per heavy atom. The molecule has 0 aromatic carbocycles. The van der Waals surface area contributed by atoms with E-state index in [1.165, 1.54) is 52.0 Å². The highest BCUT2D eigenvalue weighted by atomic mass is 15.2. The molecule has 0 aromatic rings. The average Bonchev–Trinajstić information content (AvgIpc) is 3.18. The molecule has 3 unspecified atom stereocenters. The molecule has 33 heavy (non-hydrogen) atoms. The summed E-state index contributed by atoms with van der Waals surface area (Å²) >= 11 is 0. The first kappa shape index (κ1) is 30.9. The van der Waals surface area contributed by atoms with E-state index >= 15 is 0 Å². The summed E-state index contributed by atoms with van der Waals surface area (Å²) in [5.41, 5.74) is 0. The summed E-state index contributed by atoms with van der Waals surface area (Å²) in [5, 5.41) is 3.65. The standard InChI is InChI=1S/C11H23N.C10H21N.C9H19N/c1-8(2)10-5-6-11(9(3)4)12-7-10;1-8(2)10-5-6-11(7-10)9(3)4;1-7(2)9-5-10(6-9)8(3)4/h8-12H,5-7H2,1-4H3;8-10H,5-7H2,1-4H3;7-9H,5-6H2,1-4H3. The molecule has 198 valence electrons. The summed E-state index contributed by atoms with van der Waals surface area (Å²) in [7, 11) is 0. The van der Waals surface area contributed by atoms with Gasteiger partial charge in [-0.15, -0.1) is 0 Å². The highest BCUT2D eigenvalue weighted by Gasteiger charge is 2.30. The first-order chi connectivity index (χ1) is 15.3. The molecule has 0 spiro atoms. The van der Waals surface area contributed by atoms with Crippen molar-refractivity contribution in [2.45, 2.75) is 120 Å². The molecular weight excluding hydrogens is 402 g/mol. The molecule has 3 fully saturated rings. The van der Waals surface area contributed by atoms with Gasteiger partial charge >= 0.3 is 0 Å². The molecule has 0 bridgehead atoms. The van der Waals surface area contributed by atoms with E-state index in [1.54, 1.807) is 0 Å². The van der Waals surface area contributed by atoms with Gasteiger partial charge in [-0.1, -0.05) is 55.4 Å². The van der Waals surface area contributed by atoms with Crippen molar-refractivity contribution < 1.29 is 0 Å². The van der Waals surface area contributed by atoms with Crippen LogP contribution in [0.3, 0.4) is 0 Å². The quantitative estimate of drug-likeness (QED) is 0.454. The highest BCUT2D eigenvalue weighted by Crippen LogP contribution is 2.26. The second kappa shape index (κ2) is 15.1. The second-order valence-electron chi connectivity index (χ2n) is 13.3. The lowest BCUT2D eigenvalue weighted by Crippen LogP contribution is -2.51. The molecular formula is C30H63N3. The summed E-state index contributed by atoms with van der Waals surface area (Å²) in [5.74, 6) is 6.26. The van der Waals surface area contributed by atoms with Gasteiger partial charge in [-0.25, -0.2) is 0 Å². The lowest BCUT2D eigenvalue weighted by molar-refractivity contribution is 0.0408. The van der Waals surface area contributed by atoms with Crippen LogP contribution in [0, 0.1) is 41.4 Å². The molecule has 0 amide bonds. The third-order valence-corrected chi connectivity index (χ3v) is 8.78. The topological polar surface area (TPSA) is 18.5 Å². The molecule has 1 N–H and O–H groups in total. The Morgan fingerprint density at radius 2 is 1.00 bits per heavy atom. The lowest BCUT2D eigenvalue weighted by Gasteiger charge is -2.44. The van der Waals surface area contributed by atoms with Crippen LogP contribution in [-0.4, -0.2) is 60.6 Å². The zero-order valence-corrected chi connectivity index (χ0v) is 24.8. The van der Waals surface area contributed by atoms with Crippen molar-refractivity contribution in [2.75, 3.05) is 32.7 Å². The summed E-state index contributed by atoms with van der Waals surface area (Å²) in [6, 6.07) is 2.29. The Labute approximate surface area is 209 Å². The maximum atomic E-state index is 3.65. The molecule has 3 nitrogen and oxygen atoms in total. The maximum absolute atomic E-state index is 3.65. The van der Waals surface area contributed by atoms with E-state index in [9.17, 15) is 0 Å². The van der Waals surface area contributed by atoms with Gasteiger partial charge in [0.25, 0.3) is 0 Å². The van der Waals surface area contributed by atoms with E-state index in [2.05, 4.69) is 98.2 Å². The number of nitrogens with zero attached hydrogens (tertiary/aromatic N) is 2. The van der Waals surface area contributed by atoms with Gasteiger partial charge in [-0.2, -0.15) is 0 Å². The first-order valence-electron chi connectivity index (χ1n) is 14.5. The van der Waals surface area contributed by atoms with Crippen molar-refractivity contribution in [2.24, 2.45) is 41.4 Å². The molecule has 3 aliphatic heterocycles. The molecule has 0 aromatic heterocycles. The minimum atomic E-state index is 0.749. The van der Waals surface area contributed by atoms with E-state index in [4.69, 9.17) is 0 Å². The Balaban J connectivity index is 0.000000249. The van der Waals surface area contributed by atoms with Crippen molar-refractivity contribution in [3.8, 4) is 0 Å². The minimum absolute atomic E-state index is 0.749. The van der Waals surface area contributed by atoms with Gasteiger partial charge in [-0.05, 0) is 101 Å². The van der Waals surface area contributed by atoms with Crippen molar-refractivity contribution in [3.05, 3.63) is 0 Å². The third kappa shape index (κ3) is 11.0. The zero-order chi connectivity index (χ0) is 25.3. The van der Waals surface area contributed by atoms with Gasteiger partial charge < -0.3 is 15.1 Å². The van der Waals surface area contributed by atoms with Gasteiger partial charge in [0.15, 0.2) is 0 Å². The monoisotopic (exact) mass is 466 g/mol. The average molecular weight is 466 g/mol. The Hall–Kier alpha value is -0.120. The molecule has 0 aliphatic carbocycles. The van der Waals surface area contributed by atoms with Gasteiger partial charge in [0.05, 0.1) is 0 Å². The Kier molecular flexibility index (Phi) is 14.1. The smallest absolute Gasteiger partial charge is 0.00902 e. The summed E-state index contributed by atoms with van der Waals surface area (Å²) in [4.78, 5) is 5.12. The van der Waals surface area contributed by atoms with Crippen LogP contribution in [0.1, 0.15) is 102 Å². The van der Waals surface area contributed by atoms with Gasteiger partial charge in [0.1, 0.15) is 0 Å². The molecule has 3 saturated heterocycles. The van der Waals surface area contributed by atoms with E-state index in [1.807, 2.05) is 0 Å². The van der Waals surface area contributed by atoms with Crippen LogP contribution in [0.25, 0.3) is 0 Å². The van der Waals surface area contributed by atoms with Crippen molar-refractivity contribution in [3.63, 3.8) is 0 Å². The number of nitrogens with one attached hydrogen (secondary N) is 1. The second-order valence-corrected chi connectivity index (χ2v) is 13.3. The van der Waals surface area contributed by atoms with E-state index < -0.39 is 0 Å². The predicted molar refractivity (Wildman–Crippen MR) is 149 cm³/mol. The van der Waals surface area contributed by atoms with E-state index in [0.717, 1.165) is 59.6 Å². The molecule has 3 atom stereocenters. The fourth-order valence-electron chi connectivity index (χ4n) is 5.26. The van der Waals surface area contributed by atoms with Crippen LogP contribution in [0.15, 0.2) is 0 Å². The Bertz CT molecular complexity index is 441. The number of rotatable bonds is 6. The number of hydrogen-bond donors (Lipinski definition) is 1. The summed E-state index contributed by atoms with van der Waals surface area (Å²) < 4.78 is 0. The van der Waals surface area contributed by atoms with E-state index in [0.29, 0.717) is 0 Å². The third-order valence-electron chi connectivity index (χ3n) is 8.78. The van der Waals surface area contributed by atoms with Crippen LogP contribution in [-0.2, 0) is 0 Å². The van der Waals surface area contributed by atoms with Crippen molar-refractivity contribution >= 4 is 0 Å². The van der Waals surface area contributed by atoms with Crippen LogP contribution in [0.4, 0.5) is 0 Å². The fourth-order valence-corrected chi connectivity index (χ4v) is 5.26. The van der Waals surface area contributed by atoms with Crippen molar-refractivity contribution in [1.29, 1.82) is 0 Å². The number of hydrogen-bond acceptors (Lipinski definition) is 3. The molecule has 3 rings (SSSR count). The lowest BCUT2D eigenvalue weighted by atomic mass is 9.83. The summed E-state index contributed by atoms with van der Waals surface area (Å²) in [6.45, 7) is 34.3. The van der Waals surface area contributed by atoms with Crippen molar-refractivity contribution in [1.82, 2.24) is 15.1 Å². The maximum Gasteiger partial charge on any atom is 0.00902 e. The largest absolute Gasteiger partial charge is 0.313 e. The van der Waals surface area contributed by atoms with Gasteiger partial charge in [0, 0.05) is 37.8 Å². The van der Waals surface area contributed by atoms with Crippen LogP contribution < -0.4 is 5.32 Å². The predicted octanol–water partition coefficient (Wildman–Crippen LogP) is 7.02. The first-order valence-corrected chi connectivity index (χ1v) is 14.5. The van der Waals surface area contributed by atoms with Crippen LogP contribution >= 0.6 is 0 Å². The Morgan fingerprint density at radius 1 is 0.515 bits per heavy atom.